The highest BCUT2D eigenvalue weighted by Gasteiger charge is 2.30. The topological polar surface area (TPSA) is 6.48 Å². The van der Waals surface area contributed by atoms with E-state index < -0.39 is 12.7 Å². The van der Waals surface area contributed by atoms with Gasteiger partial charge in [0, 0.05) is 13.0 Å². The maximum Gasteiger partial charge on any atom is 0.211 e. The molecule has 0 aromatic carbocycles. The summed E-state index contributed by atoms with van der Waals surface area (Å²) in [5, 5.41) is 0. The van der Waals surface area contributed by atoms with Crippen LogP contribution in [0, 0.1) is 0 Å². The molecule has 0 spiro atoms. The lowest BCUT2D eigenvalue weighted by Crippen LogP contribution is -2.51. The fourth-order valence-corrected chi connectivity index (χ4v) is 1.06. The third-order valence-electron chi connectivity index (χ3n) is 1.86. The zero-order valence-electron chi connectivity index (χ0n) is 6.22. The van der Waals surface area contributed by atoms with Crippen LogP contribution in [0.1, 0.15) is 6.42 Å². The van der Waals surface area contributed by atoms with Crippen LogP contribution in [0.2, 0.25) is 0 Å². The lowest BCUT2D eigenvalue weighted by atomic mass is 10.3. The highest BCUT2D eigenvalue weighted by Crippen LogP contribution is 2.17. The monoisotopic (exact) mass is 150 g/mol. The molecule has 0 amide bonds. The molecule has 1 aliphatic rings. The van der Waals surface area contributed by atoms with E-state index in [1.54, 1.807) is 7.05 Å². The molecule has 2 nitrogen and oxygen atoms in total. The van der Waals surface area contributed by atoms with Crippen molar-refractivity contribution >= 4 is 0 Å². The van der Waals surface area contributed by atoms with Crippen LogP contribution >= 0.6 is 0 Å². The molecule has 0 bridgehead atoms. The van der Waals surface area contributed by atoms with Gasteiger partial charge in [-0.25, -0.2) is 13.7 Å². The highest BCUT2D eigenvalue weighted by molar-refractivity contribution is 4.69. The van der Waals surface area contributed by atoms with Crippen molar-refractivity contribution in [2.75, 3.05) is 20.6 Å². The molecule has 0 aromatic heterocycles. The number of halogens is 2. The lowest BCUT2D eigenvalue weighted by molar-refractivity contribution is -0.118. The Morgan fingerprint density at radius 2 is 1.90 bits per heavy atom. The molecule has 0 aromatic rings. The molecule has 0 N–H and O–H groups in total. The summed E-state index contributed by atoms with van der Waals surface area (Å²) in [5.74, 6) is 0. The quantitative estimate of drug-likeness (QED) is 0.471. The molecule has 1 saturated heterocycles. The van der Waals surface area contributed by atoms with E-state index in [1.807, 2.05) is 0 Å². The fourth-order valence-electron chi connectivity index (χ4n) is 1.06. The van der Waals surface area contributed by atoms with Crippen molar-refractivity contribution < 1.29 is 8.78 Å². The molecule has 0 aliphatic carbocycles. The van der Waals surface area contributed by atoms with Crippen molar-refractivity contribution in [1.29, 1.82) is 0 Å². The van der Waals surface area contributed by atoms with E-state index in [0.29, 0.717) is 13.0 Å². The zero-order valence-corrected chi connectivity index (χ0v) is 6.22. The second-order valence-corrected chi connectivity index (χ2v) is 2.68. The predicted octanol–water partition coefficient (Wildman–Crippen LogP) is 0.802. The highest BCUT2D eigenvalue weighted by atomic mass is 19.2. The molecule has 2 atom stereocenters. The summed E-state index contributed by atoms with van der Waals surface area (Å²) in [6.45, 7) is 0.493. The molecule has 0 saturated carbocycles. The molecule has 1 aliphatic heterocycles. The van der Waals surface area contributed by atoms with Gasteiger partial charge in [-0.3, -0.25) is 4.90 Å². The van der Waals surface area contributed by atoms with E-state index in [-0.39, 0.29) is 0 Å². The largest absolute Gasteiger partial charge is 0.264 e. The molecule has 60 valence electrons. The Morgan fingerprint density at radius 3 is 2.40 bits per heavy atom. The van der Waals surface area contributed by atoms with Crippen molar-refractivity contribution in [3.05, 3.63) is 0 Å². The van der Waals surface area contributed by atoms with Gasteiger partial charge in [-0.15, -0.1) is 0 Å². The molecule has 1 rings (SSSR count). The summed E-state index contributed by atoms with van der Waals surface area (Å²) < 4.78 is 25.5. The molecule has 1 heterocycles. The molecule has 0 radical (unpaired) electrons. The number of rotatable bonds is 0. The van der Waals surface area contributed by atoms with Gasteiger partial charge >= 0.3 is 0 Å². The van der Waals surface area contributed by atoms with E-state index in [0.717, 1.165) is 4.90 Å². The van der Waals surface area contributed by atoms with E-state index in [1.165, 1.54) is 11.9 Å². The predicted molar refractivity (Wildman–Crippen MR) is 34.8 cm³/mol. The Morgan fingerprint density at radius 1 is 1.30 bits per heavy atom. The number of hydrogen-bond donors (Lipinski definition) is 0. The Labute approximate surface area is 59.4 Å². The van der Waals surface area contributed by atoms with Crippen LogP contribution in [0.5, 0.6) is 0 Å². The summed E-state index contributed by atoms with van der Waals surface area (Å²) in [7, 11) is 3.10. The molecule has 1 fully saturated rings. The molecule has 4 heteroatoms. The Bertz CT molecular complexity index is 106. The van der Waals surface area contributed by atoms with Crippen molar-refractivity contribution in [1.82, 2.24) is 9.80 Å². The second kappa shape index (κ2) is 2.80. The molecule has 2 unspecified atom stereocenters. The van der Waals surface area contributed by atoms with E-state index in [2.05, 4.69) is 0 Å². The van der Waals surface area contributed by atoms with Crippen LogP contribution in [0.15, 0.2) is 0 Å². The third-order valence-corrected chi connectivity index (χ3v) is 1.86. The van der Waals surface area contributed by atoms with Crippen molar-refractivity contribution in [2.24, 2.45) is 0 Å². The Kier molecular flexibility index (Phi) is 2.21. The van der Waals surface area contributed by atoms with Gasteiger partial charge in [0.05, 0.1) is 0 Å². The summed E-state index contributed by atoms with van der Waals surface area (Å²) in [6.07, 6.45) is -1.98. The maximum absolute atomic E-state index is 12.8. The van der Waals surface area contributed by atoms with Gasteiger partial charge in [0.1, 0.15) is 0 Å². The van der Waals surface area contributed by atoms with Gasteiger partial charge in [-0.2, -0.15) is 0 Å². The summed E-state index contributed by atoms with van der Waals surface area (Å²) in [4.78, 5) is 2.57. The standard InChI is InChI=1S/C6H12F2N2/c1-9-4-3-5(7)10(2)6(9)8/h5-6H,3-4H2,1-2H3. The van der Waals surface area contributed by atoms with Gasteiger partial charge < -0.3 is 0 Å². The average molecular weight is 150 g/mol. The van der Waals surface area contributed by atoms with E-state index >= 15 is 0 Å². The normalized spacial score (nSPS) is 38.4. The molecule has 10 heavy (non-hydrogen) atoms. The third kappa shape index (κ3) is 1.27. The fraction of sp³-hybridized carbons (Fsp3) is 1.00. The maximum atomic E-state index is 12.8. The van der Waals surface area contributed by atoms with Gasteiger partial charge in [0.25, 0.3) is 0 Å². The van der Waals surface area contributed by atoms with Crippen LogP contribution in [0.4, 0.5) is 8.78 Å². The van der Waals surface area contributed by atoms with Crippen LogP contribution < -0.4 is 0 Å². The van der Waals surface area contributed by atoms with Gasteiger partial charge in [0.15, 0.2) is 6.30 Å². The number of hydrogen-bond acceptors (Lipinski definition) is 2. The minimum absolute atomic E-state index is 0.396. The van der Waals surface area contributed by atoms with Crippen molar-refractivity contribution in [2.45, 2.75) is 19.1 Å². The van der Waals surface area contributed by atoms with Crippen LogP contribution in [0.3, 0.4) is 0 Å². The van der Waals surface area contributed by atoms with Crippen LogP contribution in [-0.2, 0) is 0 Å². The zero-order chi connectivity index (χ0) is 7.72. The first-order chi connectivity index (χ1) is 4.63. The second-order valence-electron chi connectivity index (χ2n) is 2.68. The van der Waals surface area contributed by atoms with Crippen LogP contribution in [0.25, 0.3) is 0 Å². The first kappa shape index (κ1) is 7.88. The number of nitrogens with zero attached hydrogens (tertiary/aromatic N) is 2. The minimum atomic E-state index is -1.26. The average Bonchev–Trinajstić information content (AvgIpc) is 1.93. The van der Waals surface area contributed by atoms with Crippen LogP contribution in [-0.4, -0.2) is 43.2 Å². The summed E-state index contributed by atoms with van der Waals surface area (Å²) >= 11 is 0. The first-order valence-electron chi connectivity index (χ1n) is 3.33. The van der Waals surface area contributed by atoms with Crippen molar-refractivity contribution in [3.63, 3.8) is 0 Å². The summed E-state index contributed by atoms with van der Waals surface area (Å²) in [6, 6.07) is 0. The SMILES string of the molecule is CN1CCC(F)N(C)C1F. The van der Waals surface area contributed by atoms with Gasteiger partial charge in [0.2, 0.25) is 6.42 Å². The van der Waals surface area contributed by atoms with E-state index in [4.69, 9.17) is 0 Å². The first-order valence-corrected chi connectivity index (χ1v) is 3.33. The molecular formula is C6H12F2N2. The Balaban J connectivity index is 2.52. The van der Waals surface area contributed by atoms with E-state index in [9.17, 15) is 8.78 Å². The molecular weight excluding hydrogens is 138 g/mol. The Hall–Kier alpha value is -0.220. The lowest BCUT2D eigenvalue weighted by Gasteiger charge is -2.36. The van der Waals surface area contributed by atoms with Gasteiger partial charge in [-0.05, 0) is 14.1 Å². The summed E-state index contributed by atoms with van der Waals surface area (Å²) in [5.41, 5.74) is 0. The van der Waals surface area contributed by atoms with Gasteiger partial charge in [-0.1, -0.05) is 0 Å². The minimum Gasteiger partial charge on any atom is -0.264 e. The number of alkyl halides is 2. The smallest absolute Gasteiger partial charge is 0.211 e. The van der Waals surface area contributed by atoms with Crippen molar-refractivity contribution in [3.8, 4) is 0 Å².